The standard InChI is InChI=1S/C6H7BrN/c7-5-1-3-6(8)4-2-5/h1-4,6H,8H2. The number of allylic oxidation sites excluding steroid dienone is 2. The molecule has 0 saturated heterocycles. The lowest BCUT2D eigenvalue weighted by atomic mass is 10.1. The molecule has 0 aromatic rings. The average Bonchev–Trinajstić information content (AvgIpc) is 1.77. The first-order valence-corrected chi connectivity index (χ1v) is 3.23. The summed E-state index contributed by atoms with van der Waals surface area (Å²) >= 11 is 3.30. The van der Waals surface area contributed by atoms with Crippen LogP contribution in [0.2, 0.25) is 0 Å². The summed E-state index contributed by atoms with van der Waals surface area (Å²) in [4.78, 5) is 0. The van der Waals surface area contributed by atoms with Gasteiger partial charge in [0.25, 0.3) is 0 Å². The van der Waals surface area contributed by atoms with Gasteiger partial charge in [0.15, 0.2) is 0 Å². The highest BCUT2D eigenvalue weighted by molar-refractivity contribution is 9.11. The second-order valence-electron chi connectivity index (χ2n) is 1.68. The van der Waals surface area contributed by atoms with Crippen molar-refractivity contribution >= 4 is 15.9 Å². The third-order valence-corrected chi connectivity index (χ3v) is 1.48. The van der Waals surface area contributed by atoms with Crippen LogP contribution in [0, 0.1) is 6.42 Å². The zero-order valence-corrected chi connectivity index (χ0v) is 5.93. The molecule has 0 aromatic carbocycles. The van der Waals surface area contributed by atoms with Gasteiger partial charge >= 0.3 is 0 Å². The summed E-state index contributed by atoms with van der Waals surface area (Å²) in [7, 11) is 0. The topological polar surface area (TPSA) is 26.0 Å². The molecular weight excluding hydrogens is 166 g/mol. The largest absolute Gasteiger partial charge is 0.324 e. The van der Waals surface area contributed by atoms with Gasteiger partial charge in [0, 0.05) is 16.9 Å². The predicted octanol–water partition coefficient (Wildman–Crippen LogP) is 1.37. The van der Waals surface area contributed by atoms with Crippen molar-refractivity contribution in [1.29, 1.82) is 0 Å². The maximum absolute atomic E-state index is 5.49. The van der Waals surface area contributed by atoms with E-state index in [1.165, 1.54) is 0 Å². The van der Waals surface area contributed by atoms with E-state index >= 15 is 0 Å². The molecule has 0 spiro atoms. The van der Waals surface area contributed by atoms with Crippen LogP contribution in [-0.4, -0.2) is 6.04 Å². The molecule has 0 aromatic heterocycles. The lowest BCUT2D eigenvalue weighted by Crippen LogP contribution is -2.17. The highest BCUT2D eigenvalue weighted by Crippen LogP contribution is 2.12. The molecular formula is C6H7BrN. The SMILES string of the molecule is NC1[CH]C=C(Br)C=C1. The van der Waals surface area contributed by atoms with Gasteiger partial charge in [-0.25, -0.2) is 0 Å². The van der Waals surface area contributed by atoms with Gasteiger partial charge in [0.1, 0.15) is 0 Å². The maximum atomic E-state index is 5.49. The van der Waals surface area contributed by atoms with Crippen LogP contribution in [0.5, 0.6) is 0 Å². The lowest BCUT2D eigenvalue weighted by Gasteiger charge is -2.05. The Kier molecular flexibility index (Phi) is 1.86. The Labute approximate surface area is 57.4 Å². The average molecular weight is 173 g/mol. The zero-order chi connectivity index (χ0) is 5.98. The molecule has 0 aliphatic heterocycles. The minimum absolute atomic E-state index is 0.108. The van der Waals surface area contributed by atoms with Gasteiger partial charge in [-0.3, -0.25) is 0 Å². The van der Waals surface area contributed by atoms with Gasteiger partial charge in [-0.2, -0.15) is 0 Å². The van der Waals surface area contributed by atoms with Crippen LogP contribution in [0.4, 0.5) is 0 Å². The predicted molar refractivity (Wildman–Crippen MR) is 38.4 cm³/mol. The van der Waals surface area contributed by atoms with Crippen molar-refractivity contribution in [3.8, 4) is 0 Å². The number of halogens is 1. The van der Waals surface area contributed by atoms with Crippen molar-refractivity contribution in [2.75, 3.05) is 0 Å². The van der Waals surface area contributed by atoms with Crippen LogP contribution in [0.3, 0.4) is 0 Å². The lowest BCUT2D eigenvalue weighted by molar-refractivity contribution is 0.966. The second kappa shape index (κ2) is 2.46. The minimum atomic E-state index is 0.108. The molecule has 1 unspecified atom stereocenters. The Morgan fingerprint density at radius 3 is 2.75 bits per heavy atom. The Hall–Kier alpha value is -0.0800. The minimum Gasteiger partial charge on any atom is -0.324 e. The second-order valence-corrected chi connectivity index (χ2v) is 2.60. The molecule has 2 heteroatoms. The van der Waals surface area contributed by atoms with Crippen molar-refractivity contribution in [3.05, 3.63) is 29.1 Å². The number of rotatable bonds is 0. The molecule has 0 bridgehead atoms. The first kappa shape index (κ1) is 6.05. The summed E-state index contributed by atoms with van der Waals surface area (Å²) in [5.74, 6) is 0. The highest BCUT2D eigenvalue weighted by atomic mass is 79.9. The number of hydrogen-bond donors (Lipinski definition) is 1. The van der Waals surface area contributed by atoms with E-state index in [0.717, 1.165) is 4.48 Å². The molecule has 8 heavy (non-hydrogen) atoms. The van der Waals surface area contributed by atoms with Crippen LogP contribution >= 0.6 is 15.9 Å². The first-order chi connectivity index (χ1) is 3.79. The van der Waals surface area contributed by atoms with Crippen molar-refractivity contribution in [2.24, 2.45) is 5.73 Å². The first-order valence-electron chi connectivity index (χ1n) is 2.43. The molecule has 0 fully saturated rings. The molecule has 0 heterocycles. The summed E-state index contributed by atoms with van der Waals surface area (Å²) in [6.07, 6.45) is 7.77. The van der Waals surface area contributed by atoms with E-state index in [1.54, 1.807) is 0 Å². The molecule has 2 N–H and O–H groups in total. The fourth-order valence-corrected chi connectivity index (χ4v) is 0.831. The normalized spacial score (nSPS) is 27.8. The monoisotopic (exact) mass is 172 g/mol. The maximum Gasteiger partial charge on any atom is 0.0297 e. The van der Waals surface area contributed by atoms with Crippen molar-refractivity contribution in [2.45, 2.75) is 6.04 Å². The third kappa shape index (κ3) is 1.46. The molecule has 0 saturated carbocycles. The van der Waals surface area contributed by atoms with Gasteiger partial charge < -0.3 is 5.73 Å². The van der Waals surface area contributed by atoms with E-state index in [-0.39, 0.29) is 6.04 Å². The van der Waals surface area contributed by atoms with E-state index in [4.69, 9.17) is 5.73 Å². The smallest absolute Gasteiger partial charge is 0.0297 e. The Balaban J connectivity index is 2.58. The molecule has 1 atom stereocenters. The molecule has 1 aliphatic carbocycles. The van der Waals surface area contributed by atoms with Crippen LogP contribution in [0.15, 0.2) is 22.7 Å². The number of hydrogen-bond acceptors (Lipinski definition) is 1. The number of nitrogens with two attached hydrogens (primary N) is 1. The zero-order valence-electron chi connectivity index (χ0n) is 4.34. The molecule has 43 valence electrons. The summed E-state index contributed by atoms with van der Waals surface area (Å²) < 4.78 is 1.08. The summed E-state index contributed by atoms with van der Waals surface area (Å²) in [6.45, 7) is 0. The molecule has 1 radical (unpaired) electrons. The third-order valence-electron chi connectivity index (χ3n) is 0.955. The Morgan fingerprint density at radius 2 is 2.38 bits per heavy atom. The van der Waals surface area contributed by atoms with Gasteiger partial charge in [0.05, 0.1) is 0 Å². The van der Waals surface area contributed by atoms with Gasteiger partial charge in [0.2, 0.25) is 0 Å². The molecule has 1 rings (SSSR count). The molecule has 1 nitrogen and oxygen atoms in total. The van der Waals surface area contributed by atoms with E-state index in [9.17, 15) is 0 Å². The Bertz CT molecular complexity index is 137. The van der Waals surface area contributed by atoms with E-state index in [2.05, 4.69) is 15.9 Å². The van der Waals surface area contributed by atoms with Crippen LogP contribution < -0.4 is 5.73 Å². The fourth-order valence-electron chi connectivity index (χ4n) is 0.526. The van der Waals surface area contributed by atoms with Crippen LogP contribution in [0.25, 0.3) is 0 Å². The summed E-state index contributed by atoms with van der Waals surface area (Å²) in [6, 6.07) is 0.108. The van der Waals surface area contributed by atoms with E-state index in [0.29, 0.717) is 0 Å². The highest BCUT2D eigenvalue weighted by Gasteiger charge is 1.99. The van der Waals surface area contributed by atoms with Crippen LogP contribution in [0.1, 0.15) is 0 Å². The van der Waals surface area contributed by atoms with E-state index in [1.807, 2.05) is 24.6 Å². The molecule has 0 amide bonds. The van der Waals surface area contributed by atoms with Gasteiger partial charge in [-0.1, -0.05) is 34.2 Å². The van der Waals surface area contributed by atoms with Gasteiger partial charge in [-0.05, 0) is 0 Å². The van der Waals surface area contributed by atoms with Crippen LogP contribution in [-0.2, 0) is 0 Å². The van der Waals surface area contributed by atoms with Crippen molar-refractivity contribution in [1.82, 2.24) is 0 Å². The fraction of sp³-hybridized carbons (Fsp3) is 0.167. The quantitative estimate of drug-likeness (QED) is 0.588. The van der Waals surface area contributed by atoms with Crippen molar-refractivity contribution < 1.29 is 0 Å². The summed E-state index contributed by atoms with van der Waals surface area (Å²) in [5, 5.41) is 0. The van der Waals surface area contributed by atoms with Gasteiger partial charge in [-0.15, -0.1) is 0 Å². The summed E-state index contributed by atoms with van der Waals surface area (Å²) in [5.41, 5.74) is 5.49. The van der Waals surface area contributed by atoms with E-state index < -0.39 is 0 Å². The Morgan fingerprint density at radius 1 is 1.62 bits per heavy atom. The molecule has 1 aliphatic rings. The van der Waals surface area contributed by atoms with Crippen molar-refractivity contribution in [3.63, 3.8) is 0 Å².